The van der Waals surface area contributed by atoms with E-state index in [0.29, 0.717) is 49.5 Å². The predicted molar refractivity (Wildman–Crippen MR) is 147 cm³/mol. The van der Waals surface area contributed by atoms with Gasteiger partial charge in [0.05, 0.1) is 18.8 Å². The number of carbonyl (C=O) groups excluding carboxylic acids is 1. The molecular weight excluding hydrogens is 496 g/mol. The lowest BCUT2D eigenvalue weighted by Crippen LogP contribution is -2.33. The van der Waals surface area contributed by atoms with E-state index < -0.39 is 5.97 Å². The molecule has 9 nitrogen and oxygen atoms in total. The number of ether oxygens (including phenoxy) is 2. The zero-order valence-corrected chi connectivity index (χ0v) is 22.8. The molecule has 9 heteroatoms. The summed E-state index contributed by atoms with van der Waals surface area (Å²) in [5, 5.41) is 9.08. The average molecular weight is 535 g/mol. The van der Waals surface area contributed by atoms with Crippen LogP contribution in [0, 0.1) is 17.8 Å². The maximum Gasteiger partial charge on any atom is 0.303 e. The Labute approximate surface area is 230 Å². The molecule has 2 aliphatic carbocycles. The molecule has 1 saturated carbocycles. The highest BCUT2D eigenvalue weighted by Gasteiger charge is 2.32. The molecule has 0 radical (unpaired) electrons. The summed E-state index contributed by atoms with van der Waals surface area (Å²) in [6.45, 7) is 8.67. The maximum absolute atomic E-state index is 13.7. The minimum absolute atomic E-state index is 0.151. The van der Waals surface area contributed by atoms with Gasteiger partial charge in [-0.15, -0.1) is 0 Å². The van der Waals surface area contributed by atoms with Crippen molar-refractivity contribution >= 4 is 17.8 Å². The number of carboxylic acid groups (broad SMARTS) is 1. The third kappa shape index (κ3) is 7.65. The van der Waals surface area contributed by atoms with Crippen LogP contribution in [0.5, 0.6) is 0 Å². The van der Waals surface area contributed by atoms with Crippen LogP contribution < -0.4 is 0 Å². The van der Waals surface area contributed by atoms with Gasteiger partial charge in [0.15, 0.2) is 0 Å². The Balaban J connectivity index is 1.36. The molecule has 1 unspecified atom stereocenters. The predicted octanol–water partition coefficient (Wildman–Crippen LogP) is 4.84. The van der Waals surface area contributed by atoms with Crippen molar-refractivity contribution in [1.29, 1.82) is 0 Å². The number of allylic oxidation sites excluding steroid dienone is 4. The number of hydrogen-bond donors (Lipinski definition) is 1. The van der Waals surface area contributed by atoms with Gasteiger partial charge in [0, 0.05) is 37.1 Å². The number of carboxylic acids is 1. The smallest absolute Gasteiger partial charge is 0.303 e. The molecule has 0 spiro atoms. The first-order valence-corrected chi connectivity index (χ1v) is 13.7. The number of aliphatic carboxylic acids is 1. The van der Waals surface area contributed by atoms with Crippen molar-refractivity contribution < 1.29 is 24.2 Å². The van der Waals surface area contributed by atoms with Crippen molar-refractivity contribution in [1.82, 2.24) is 14.9 Å². The number of aliphatic imine (C=N–C) groups is 1. The van der Waals surface area contributed by atoms with Gasteiger partial charge in [0.1, 0.15) is 12.2 Å². The van der Waals surface area contributed by atoms with Crippen LogP contribution in [0.15, 0.2) is 71.1 Å². The van der Waals surface area contributed by atoms with Crippen LogP contribution in [0.4, 0.5) is 0 Å². The molecular formula is C30H38N4O5. The van der Waals surface area contributed by atoms with E-state index in [1.807, 2.05) is 13.8 Å². The minimum Gasteiger partial charge on any atom is -0.481 e. The van der Waals surface area contributed by atoms with E-state index in [4.69, 9.17) is 14.6 Å². The number of carbonyl (C=O) groups is 2. The minimum atomic E-state index is -0.700. The van der Waals surface area contributed by atoms with Gasteiger partial charge in [-0.3, -0.25) is 19.6 Å². The SMILES string of the molecule is C=C(N=C1OCCN(C2=CCC(C3CCC(CC(=O)O)CC3)C=C2)C(=O)C1=C(C)C)OCCc1cnccn1. The number of nitrogens with zero attached hydrogens (tertiary/aromatic N) is 4. The van der Waals surface area contributed by atoms with Gasteiger partial charge in [0.25, 0.3) is 5.91 Å². The molecule has 1 aliphatic heterocycles. The van der Waals surface area contributed by atoms with Gasteiger partial charge in [0.2, 0.25) is 11.8 Å². The van der Waals surface area contributed by atoms with Crippen molar-refractivity contribution in [3.05, 3.63) is 71.8 Å². The Morgan fingerprint density at radius 2 is 2.05 bits per heavy atom. The van der Waals surface area contributed by atoms with Gasteiger partial charge < -0.3 is 19.5 Å². The topological polar surface area (TPSA) is 114 Å². The first-order valence-electron chi connectivity index (χ1n) is 13.7. The summed E-state index contributed by atoms with van der Waals surface area (Å²) in [4.78, 5) is 39.2. The highest BCUT2D eigenvalue weighted by molar-refractivity contribution is 6.20. The quantitative estimate of drug-likeness (QED) is 0.356. The molecule has 2 heterocycles. The summed E-state index contributed by atoms with van der Waals surface area (Å²) < 4.78 is 11.6. The van der Waals surface area contributed by atoms with Crippen LogP contribution in [0.3, 0.4) is 0 Å². The molecule has 1 N–H and O–H groups in total. The highest BCUT2D eigenvalue weighted by Crippen LogP contribution is 2.38. The monoisotopic (exact) mass is 534 g/mol. The summed E-state index contributed by atoms with van der Waals surface area (Å²) in [6.07, 6.45) is 17.1. The zero-order valence-electron chi connectivity index (χ0n) is 22.8. The maximum atomic E-state index is 13.7. The van der Waals surface area contributed by atoms with Gasteiger partial charge >= 0.3 is 5.97 Å². The Hall–Kier alpha value is -3.75. The van der Waals surface area contributed by atoms with Crippen LogP contribution in [-0.2, 0) is 25.5 Å². The largest absolute Gasteiger partial charge is 0.481 e. The second-order valence-electron chi connectivity index (χ2n) is 10.6. The van der Waals surface area contributed by atoms with E-state index in [0.717, 1.165) is 49.1 Å². The van der Waals surface area contributed by atoms with E-state index in [-0.39, 0.29) is 24.1 Å². The van der Waals surface area contributed by atoms with E-state index in [2.05, 4.69) is 39.8 Å². The number of hydrogen-bond acceptors (Lipinski definition) is 7. The molecule has 1 saturated heterocycles. The van der Waals surface area contributed by atoms with E-state index in [1.165, 1.54) is 0 Å². The zero-order chi connectivity index (χ0) is 27.8. The lowest BCUT2D eigenvalue weighted by atomic mass is 9.73. The van der Waals surface area contributed by atoms with Crippen LogP contribution in [-0.4, -0.2) is 57.5 Å². The summed E-state index contributed by atoms with van der Waals surface area (Å²) in [5.41, 5.74) is 2.90. The number of aromatic nitrogens is 2. The normalized spacial score (nSPS) is 24.6. The van der Waals surface area contributed by atoms with Gasteiger partial charge in [-0.25, -0.2) is 0 Å². The van der Waals surface area contributed by atoms with Crippen LogP contribution in [0.25, 0.3) is 0 Å². The highest BCUT2D eigenvalue weighted by atomic mass is 16.5. The Morgan fingerprint density at radius 1 is 1.26 bits per heavy atom. The van der Waals surface area contributed by atoms with Gasteiger partial charge in [-0.2, -0.15) is 4.99 Å². The third-order valence-electron chi connectivity index (χ3n) is 7.58. The van der Waals surface area contributed by atoms with Crippen LogP contribution in [0.2, 0.25) is 0 Å². The molecule has 0 bridgehead atoms. The van der Waals surface area contributed by atoms with Crippen LogP contribution >= 0.6 is 0 Å². The van der Waals surface area contributed by atoms with Crippen molar-refractivity contribution in [2.75, 3.05) is 19.8 Å². The number of amides is 1. The first-order chi connectivity index (χ1) is 18.8. The summed E-state index contributed by atoms with van der Waals surface area (Å²) in [7, 11) is 0. The molecule has 208 valence electrons. The first kappa shape index (κ1) is 28.3. The lowest BCUT2D eigenvalue weighted by Gasteiger charge is -2.34. The average Bonchev–Trinajstić information content (AvgIpc) is 3.07. The molecule has 1 amide bonds. The summed E-state index contributed by atoms with van der Waals surface area (Å²) in [6, 6.07) is 0. The molecule has 1 atom stereocenters. The Bertz CT molecular complexity index is 1170. The summed E-state index contributed by atoms with van der Waals surface area (Å²) in [5.74, 6) is 0.815. The molecule has 4 rings (SSSR count). The second-order valence-corrected chi connectivity index (χ2v) is 10.6. The molecule has 1 aromatic heterocycles. The molecule has 2 fully saturated rings. The Kier molecular flexibility index (Phi) is 9.68. The van der Waals surface area contributed by atoms with Crippen molar-refractivity contribution in [2.24, 2.45) is 22.7 Å². The van der Waals surface area contributed by atoms with Gasteiger partial charge in [-0.05, 0) is 76.4 Å². The standard InChI is InChI=1S/C30H38N4O5/c1-20(2)28-29(33-21(3)38-16-12-25-19-31-13-14-32-25)39-17-15-34(30(28)37)26-10-8-24(9-11-26)23-6-4-22(5-7-23)18-27(35)36/h8,10-11,13-14,19,22-24H,3-7,9,12,15-18H2,1-2H3,(H,35,36). The third-order valence-corrected chi connectivity index (χ3v) is 7.58. The van der Waals surface area contributed by atoms with E-state index in [1.54, 1.807) is 23.5 Å². The van der Waals surface area contributed by atoms with Crippen molar-refractivity contribution in [3.63, 3.8) is 0 Å². The molecule has 39 heavy (non-hydrogen) atoms. The van der Waals surface area contributed by atoms with E-state index >= 15 is 0 Å². The Morgan fingerprint density at radius 3 is 2.69 bits per heavy atom. The fourth-order valence-electron chi connectivity index (χ4n) is 5.52. The molecule has 0 aromatic carbocycles. The fourth-order valence-corrected chi connectivity index (χ4v) is 5.52. The lowest BCUT2D eigenvalue weighted by molar-refractivity contribution is -0.138. The fraction of sp³-hybridized carbons (Fsp3) is 0.500. The van der Waals surface area contributed by atoms with Crippen molar-refractivity contribution in [3.8, 4) is 0 Å². The number of rotatable bonds is 9. The molecule has 1 aromatic rings. The molecule has 3 aliphatic rings. The van der Waals surface area contributed by atoms with Crippen LogP contribution in [0.1, 0.15) is 58.1 Å². The summed E-state index contributed by atoms with van der Waals surface area (Å²) >= 11 is 0. The second kappa shape index (κ2) is 13.4. The van der Waals surface area contributed by atoms with E-state index in [9.17, 15) is 9.59 Å². The van der Waals surface area contributed by atoms with Gasteiger partial charge in [-0.1, -0.05) is 17.7 Å². The van der Waals surface area contributed by atoms with Crippen molar-refractivity contribution in [2.45, 2.75) is 58.8 Å².